The van der Waals surface area contributed by atoms with E-state index in [0.717, 1.165) is 34.1 Å². The average molecular weight is 416 g/mol. The predicted octanol–water partition coefficient (Wildman–Crippen LogP) is 3.60. The third kappa shape index (κ3) is 5.51. The van der Waals surface area contributed by atoms with Crippen LogP contribution in [0.4, 0.5) is 0 Å². The van der Waals surface area contributed by atoms with Gasteiger partial charge in [0.25, 0.3) is 0 Å². The van der Waals surface area contributed by atoms with Crippen LogP contribution < -0.4 is 29.7 Å². The Morgan fingerprint density at radius 2 is 1.79 bits per heavy atom. The van der Waals surface area contributed by atoms with Crippen LogP contribution in [0.5, 0.6) is 23.0 Å². The van der Waals surface area contributed by atoms with Crippen molar-refractivity contribution in [2.75, 3.05) is 20.0 Å². The summed E-state index contributed by atoms with van der Waals surface area (Å²) in [4.78, 5) is 0. The molecule has 7 nitrogen and oxygen atoms in total. The Hall–Kier alpha value is -3.00. The highest BCUT2D eigenvalue weighted by Gasteiger charge is 2.13. The second-order valence-corrected chi connectivity index (χ2v) is 6.62. The Balaban J connectivity index is 1.57. The van der Waals surface area contributed by atoms with Crippen molar-refractivity contribution in [3.63, 3.8) is 0 Å². The van der Waals surface area contributed by atoms with E-state index in [1.807, 2.05) is 57.2 Å². The first-order valence-corrected chi connectivity index (χ1v) is 9.88. The summed E-state index contributed by atoms with van der Waals surface area (Å²) in [6.07, 6.45) is 0. The first-order chi connectivity index (χ1) is 14.1. The summed E-state index contributed by atoms with van der Waals surface area (Å²) in [5, 5.41) is 7.92. The second-order valence-electron chi connectivity index (χ2n) is 6.21. The molecule has 154 valence electrons. The molecule has 8 heteroatoms. The standard InChI is InChI=1S/C21H25N3O4S/c1-4-25-17-9-7-16(11-20(17)26-5-2)14(3)23-24-21(29)22-12-15-6-8-18-19(10-15)28-13-27-18/h6-11H,4-5,12-13H2,1-3H3,(H2,22,24,29)/b23-14-. The highest BCUT2D eigenvalue weighted by molar-refractivity contribution is 7.80. The molecule has 2 aromatic carbocycles. The molecule has 0 spiro atoms. The third-order valence-electron chi connectivity index (χ3n) is 4.18. The van der Waals surface area contributed by atoms with Crippen molar-refractivity contribution in [2.45, 2.75) is 27.3 Å². The Morgan fingerprint density at radius 1 is 1.03 bits per heavy atom. The van der Waals surface area contributed by atoms with Gasteiger partial charge in [0, 0.05) is 12.1 Å². The van der Waals surface area contributed by atoms with Crippen LogP contribution in [0.3, 0.4) is 0 Å². The monoisotopic (exact) mass is 415 g/mol. The number of hydrogen-bond acceptors (Lipinski definition) is 6. The van der Waals surface area contributed by atoms with Gasteiger partial charge in [0.15, 0.2) is 28.1 Å². The minimum Gasteiger partial charge on any atom is -0.490 e. The molecule has 2 N–H and O–H groups in total. The topological polar surface area (TPSA) is 73.3 Å². The third-order valence-corrected chi connectivity index (χ3v) is 4.41. The van der Waals surface area contributed by atoms with Crippen molar-refractivity contribution >= 4 is 23.0 Å². The normalized spacial score (nSPS) is 12.4. The fraction of sp³-hybridized carbons (Fsp3) is 0.333. The van der Waals surface area contributed by atoms with Crippen molar-refractivity contribution in [1.82, 2.24) is 10.7 Å². The van der Waals surface area contributed by atoms with Crippen LogP contribution in [0.25, 0.3) is 0 Å². The van der Waals surface area contributed by atoms with E-state index in [-0.39, 0.29) is 6.79 Å². The van der Waals surface area contributed by atoms with E-state index in [2.05, 4.69) is 15.8 Å². The maximum atomic E-state index is 5.67. The number of ether oxygens (including phenoxy) is 4. The first kappa shape index (κ1) is 20.7. The SMILES string of the molecule is CCOc1ccc(/C(C)=N\NC(=S)NCc2ccc3c(c2)OCO3)cc1OCC. The minimum absolute atomic E-state index is 0.261. The van der Waals surface area contributed by atoms with E-state index >= 15 is 0 Å². The van der Waals surface area contributed by atoms with Crippen molar-refractivity contribution < 1.29 is 18.9 Å². The molecule has 0 saturated heterocycles. The number of thiocarbonyl (C=S) groups is 1. The molecule has 0 aliphatic carbocycles. The number of nitrogens with zero attached hydrogens (tertiary/aromatic N) is 1. The maximum Gasteiger partial charge on any atom is 0.231 e. The number of benzene rings is 2. The highest BCUT2D eigenvalue weighted by Crippen LogP contribution is 2.32. The van der Waals surface area contributed by atoms with Crippen LogP contribution in [-0.2, 0) is 6.54 Å². The fourth-order valence-corrected chi connectivity index (χ4v) is 2.87. The second kappa shape index (κ2) is 9.97. The molecule has 1 aliphatic rings. The van der Waals surface area contributed by atoms with Gasteiger partial charge in [0.05, 0.1) is 18.9 Å². The van der Waals surface area contributed by atoms with E-state index in [4.69, 9.17) is 31.2 Å². The van der Waals surface area contributed by atoms with Crippen LogP contribution >= 0.6 is 12.2 Å². The molecule has 0 aromatic heterocycles. The number of hydrogen-bond donors (Lipinski definition) is 2. The molecule has 0 saturated carbocycles. The van der Waals surface area contributed by atoms with Crippen LogP contribution in [0.15, 0.2) is 41.5 Å². The Morgan fingerprint density at radius 3 is 2.59 bits per heavy atom. The van der Waals surface area contributed by atoms with Gasteiger partial charge in [-0.1, -0.05) is 6.07 Å². The van der Waals surface area contributed by atoms with E-state index in [0.29, 0.717) is 30.6 Å². The molecule has 3 rings (SSSR count). The van der Waals surface area contributed by atoms with E-state index in [1.165, 1.54) is 0 Å². The van der Waals surface area contributed by atoms with Crippen molar-refractivity contribution in [2.24, 2.45) is 5.10 Å². The van der Waals surface area contributed by atoms with Crippen molar-refractivity contribution in [3.05, 3.63) is 47.5 Å². The number of rotatable bonds is 8. The van der Waals surface area contributed by atoms with E-state index in [1.54, 1.807) is 0 Å². The lowest BCUT2D eigenvalue weighted by molar-refractivity contribution is 0.174. The molecule has 0 unspecified atom stereocenters. The van der Waals surface area contributed by atoms with Gasteiger partial charge in [-0.25, -0.2) is 0 Å². The van der Waals surface area contributed by atoms with Crippen LogP contribution in [-0.4, -0.2) is 30.8 Å². The van der Waals surface area contributed by atoms with Gasteiger partial charge in [-0.3, -0.25) is 5.43 Å². The maximum absolute atomic E-state index is 5.67. The number of nitrogens with one attached hydrogen (secondary N) is 2. The minimum atomic E-state index is 0.261. The van der Waals surface area contributed by atoms with Crippen LogP contribution in [0, 0.1) is 0 Å². The van der Waals surface area contributed by atoms with Crippen molar-refractivity contribution in [1.29, 1.82) is 0 Å². The number of fused-ring (bicyclic) bond motifs is 1. The van der Waals surface area contributed by atoms with E-state index < -0.39 is 0 Å². The summed E-state index contributed by atoms with van der Waals surface area (Å²) in [7, 11) is 0. The van der Waals surface area contributed by atoms with Gasteiger partial charge >= 0.3 is 0 Å². The molecule has 0 atom stereocenters. The van der Waals surface area contributed by atoms with Crippen LogP contribution in [0.2, 0.25) is 0 Å². The summed E-state index contributed by atoms with van der Waals surface area (Å²) in [5.41, 5.74) is 5.61. The van der Waals surface area contributed by atoms with Crippen molar-refractivity contribution in [3.8, 4) is 23.0 Å². The van der Waals surface area contributed by atoms with Gasteiger partial charge in [-0.05, 0) is 68.9 Å². The summed E-state index contributed by atoms with van der Waals surface area (Å²) in [6.45, 7) is 7.74. The smallest absolute Gasteiger partial charge is 0.231 e. The summed E-state index contributed by atoms with van der Waals surface area (Å²) in [5.74, 6) is 2.93. The zero-order chi connectivity index (χ0) is 20.6. The molecule has 29 heavy (non-hydrogen) atoms. The molecule has 0 fully saturated rings. The highest BCUT2D eigenvalue weighted by atomic mass is 32.1. The lowest BCUT2D eigenvalue weighted by Crippen LogP contribution is -2.32. The fourth-order valence-electron chi connectivity index (χ4n) is 2.75. The van der Waals surface area contributed by atoms with Crippen LogP contribution in [0.1, 0.15) is 31.9 Å². The zero-order valence-corrected chi connectivity index (χ0v) is 17.6. The van der Waals surface area contributed by atoms with Gasteiger partial charge in [0.1, 0.15) is 0 Å². The average Bonchev–Trinajstić information content (AvgIpc) is 3.20. The number of hydrazone groups is 1. The Labute approximate surface area is 176 Å². The molecular formula is C21H25N3O4S. The predicted molar refractivity (Wildman–Crippen MR) is 116 cm³/mol. The van der Waals surface area contributed by atoms with Gasteiger partial charge in [0.2, 0.25) is 6.79 Å². The Bertz CT molecular complexity index is 901. The molecule has 2 aromatic rings. The molecule has 0 bridgehead atoms. The summed E-state index contributed by atoms with van der Waals surface area (Å²) >= 11 is 5.31. The molecule has 0 amide bonds. The molecular weight excluding hydrogens is 390 g/mol. The van der Waals surface area contributed by atoms with E-state index in [9.17, 15) is 0 Å². The lowest BCUT2D eigenvalue weighted by Gasteiger charge is -2.13. The Kier molecular flexibility index (Phi) is 7.13. The largest absolute Gasteiger partial charge is 0.490 e. The summed E-state index contributed by atoms with van der Waals surface area (Å²) < 4.78 is 22.0. The molecule has 1 aliphatic heterocycles. The quantitative estimate of drug-likeness (QED) is 0.388. The van der Waals surface area contributed by atoms with Gasteiger partial charge in [-0.2, -0.15) is 5.10 Å². The zero-order valence-electron chi connectivity index (χ0n) is 16.8. The molecule has 1 heterocycles. The lowest BCUT2D eigenvalue weighted by atomic mass is 10.1. The first-order valence-electron chi connectivity index (χ1n) is 9.47. The van der Waals surface area contributed by atoms with Gasteiger partial charge < -0.3 is 24.3 Å². The molecule has 0 radical (unpaired) electrons. The van der Waals surface area contributed by atoms with Gasteiger partial charge in [-0.15, -0.1) is 0 Å². The summed E-state index contributed by atoms with van der Waals surface area (Å²) in [6, 6.07) is 11.5.